The lowest BCUT2D eigenvalue weighted by Crippen LogP contribution is -2.55. The van der Waals surface area contributed by atoms with Gasteiger partial charge in [0, 0.05) is 32.7 Å². The molecular weight excluding hydrogens is 474 g/mol. The monoisotopic (exact) mass is 507 g/mol. The molecule has 0 unspecified atom stereocenters. The summed E-state index contributed by atoms with van der Waals surface area (Å²) in [5.41, 5.74) is 2.84. The third kappa shape index (κ3) is 6.51. The van der Waals surface area contributed by atoms with E-state index in [-0.39, 0.29) is 17.2 Å². The number of sulfonamides is 1. The van der Waals surface area contributed by atoms with Gasteiger partial charge in [0.15, 0.2) is 0 Å². The Labute approximate surface area is 213 Å². The molecule has 1 aliphatic rings. The second kappa shape index (κ2) is 11.7. The van der Waals surface area contributed by atoms with Gasteiger partial charge < -0.3 is 9.64 Å². The van der Waals surface area contributed by atoms with Crippen LogP contribution in [0.3, 0.4) is 0 Å². The zero-order valence-corrected chi connectivity index (χ0v) is 21.6. The van der Waals surface area contributed by atoms with Crippen LogP contribution in [0.4, 0.5) is 0 Å². The Morgan fingerprint density at radius 2 is 1.53 bits per heavy atom. The maximum absolute atomic E-state index is 13.6. The molecule has 0 aliphatic carbocycles. The Kier molecular flexibility index (Phi) is 8.40. The molecule has 0 aromatic heterocycles. The summed E-state index contributed by atoms with van der Waals surface area (Å²) in [6, 6.07) is 23.5. The minimum atomic E-state index is -3.93. The zero-order chi connectivity index (χ0) is 25.5. The number of hydrogen-bond acceptors (Lipinski definition) is 5. The van der Waals surface area contributed by atoms with E-state index >= 15 is 0 Å². The summed E-state index contributed by atoms with van der Waals surface area (Å²) in [5, 5.41) is 0. The van der Waals surface area contributed by atoms with Crippen LogP contribution in [-0.2, 0) is 27.8 Å². The highest BCUT2D eigenvalue weighted by molar-refractivity contribution is 7.89. The van der Waals surface area contributed by atoms with Crippen molar-refractivity contribution < 1.29 is 17.9 Å². The average Bonchev–Trinajstić information content (AvgIpc) is 2.89. The van der Waals surface area contributed by atoms with Crippen LogP contribution in [0, 0.1) is 6.92 Å². The fourth-order valence-corrected chi connectivity index (χ4v) is 5.76. The van der Waals surface area contributed by atoms with Crippen LogP contribution >= 0.6 is 0 Å². The predicted octanol–water partition coefficient (Wildman–Crippen LogP) is 3.24. The first kappa shape index (κ1) is 25.9. The number of benzene rings is 3. The number of piperazine rings is 1. The quantitative estimate of drug-likeness (QED) is 0.481. The minimum Gasteiger partial charge on any atom is -0.496 e. The second-order valence-corrected chi connectivity index (χ2v) is 10.8. The lowest BCUT2D eigenvalue weighted by atomic mass is 10.1. The summed E-state index contributed by atoms with van der Waals surface area (Å²) in [5.74, 6) is 0.409. The number of amides is 1. The molecule has 0 radical (unpaired) electrons. The van der Waals surface area contributed by atoms with Gasteiger partial charge in [0.25, 0.3) is 0 Å². The van der Waals surface area contributed by atoms with E-state index in [1.807, 2.05) is 48.5 Å². The van der Waals surface area contributed by atoms with Crippen molar-refractivity contribution in [3.05, 3.63) is 95.6 Å². The van der Waals surface area contributed by atoms with E-state index in [4.69, 9.17) is 4.74 Å². The Morgan fingerprint density at radius 1 is 0.917 bits per heavy atom. The fourth-order valence-electron chi connectivity index (χ4n) is 4.49. The number of methoxy groups -OCH3 is 1. The van der Waals surface area contributed by atoms with Gasteiger partial charge in [0.1, 0.15) is 11.8 Å². The van der Waals surface area contributed by atoms with Crippen LogP contribution in [0.15, 0.2) is 83.8 Å². The van der Waals surface area contributed by atoms with Crippen molar-refractivity contribution in [2.24, 2.45) is 0 Å². The molecule has 1 aliphatic heterocycles. The number of rotatable bonds is 9. The Bertz CT molecular complexity index is 1260. The summed E-state index contributed by atoms with van der Waals surface area (Å²) >= 11 is 0. The molecule has 1 N–H and O–H groups in total. The standard InChI is InChI=1S/C28H33N3O4S/c1-22-19-25(13-14-27(22)35-2)36(33,34)29-26(20-23-9-5-3-6-10-23)28(32)31-17-15-30(16-18-31)21-24-11-7-4-8-12-24/h3-14,19,26,29H,15-18,20-21H2,1-2H3/t26-/m1/s1. The van der Waals surface area contributed by atoms with Crippen molar-refractivity contribution in [3.63, 3.8) is 0 Å². The largest absolute Gasteiger partial charge is 0.496 e. The van der Waals surface area contributed by atoms with Gasteiger partial charge in [-0.3, -0.25) is 9.69 Å². The van der Waals surface area contributed by atoms with Gasteiger partial charge in [0.2, 0.25) is 15.9 Å². The highest BCUT2D eigenvalue weighted by Crippen LogP contribution is 2.22. The summed E-state index contributed by atoms with van der Waals surface area (Å²) in [4.78, 5) is 17.8. The topological polar surface area (TPSA) is 78.9 Å². The zero-order valence-electron chi connectivity index (χ0n) is 20.8. The molecule has 1 saturated heterocycles. The molecular formula is C28H33N3O4S. The van der Waals surface area contributed by atoms with Crippen LogP contribution in [0.5, 0.6) is 5.75 Å². The summed E-state index contributed by atoms with van der Waals surface area (Å²) < 4.78 is 34.5. The maximum Gasteiger partial charge on any atom is 0.241 e. The van der Waals surface area contributed by atoms with Gasteiger partial charge in [-0.05, 0) is 48.2 Å². The first-order valence-electron chi connectivity index (χ1n) is 12.1. The molecule has 4 rings (SSSR count). The molecule has 1 fully saturated rings. The number of aryl methyl sites for hydroxylation is 1. The highest BCUT2D eigenvalue weighted by atomic mass is 32.2. The number of carbonyl (C=O) groups is 1. The maximum atomic E-state index is 13.6. The number of hydrogen-bond donors (Lipinski definition) is 1. The molecule has 1 atom stereocenters. The predicted molar refractivity (Wildman–Crippen MR) is 140 cm³/mol. The van der Waals surface area contributed by atoms with Gasteiger partial charge in [-0.1, -0.05) is 60.7 Å². The summed E-state index contributed by atoms with van der Waals surface area (Å²) in [6.07, 6.45) is 0.276. The molecule has 3 aromatic rings. The molecule has 1 amide bonds. The number of nitrogens with one attached hydrogen (secondary N) is 1. The average molecular weight is 508 g/mol. The molecule has 190 valence electrons. The fraction of sp³-hybridized carbons (Fsp3) is 0.321. The normalized spacial score (nSPS) is 15.4. The molecule has 1 heterocycles. The van der Waals surface area contributed by atoms with Gasteiger partial charge in [-0.2, -0.15) is 4.72 Å². The van der Waals surface area contributed by atoms with E-state index in [0.29, 0.717) is 24.4 Å². The van der Waals surface area contributed by atoms with Crippen LogP contribution in [0.25, 0.3) is 0 Å². The number of nitrogens with zero attached hydrogens (tertiary/aromatic N) is 2. The lowest BCUT2D eigenvalue weighted by molar-refractivity contribution is -0.134. The van der Waals surface area contributed by atoms with E-state index in [1.54, 1.807) is 31.1 Å². The van der Waals surface area contributed by atoms with Crippen molar-refractivity contribution >= 4 is 15.9 Å². The van der Waals surface area contributed by atoms with E-state index < -0.39 is 16.1 Å². The summed E-state index contributed by atoms with van der Waals surface area (Å²) in [7, 11) is -2.38. The van der Waals surface area contributed by atoms with Crippen LogP contribution < -0.4 is 9.46 Å². The Morgan fingerprint density at radius 3 is 2.11 bits per heavy atom. The van der Waals surface area contributed by atoms with E-state index in [9.17, 15) is 13.2 Å². The lowest BCUT2D eigenvalue weighted by Gasteiger charge is -2.36. The number of carbonyl (C=O) groups excluding carboxylic acids is 1. The van der Waals surface area contributed by atoms with Crippen molar-refractivity contribution in [3.8, 4) is 5.75 Å². The first-order valence-corrected chi connectivity index (χ1v) is 13.6. The molecule has 7 nitrogen and oxygen atoms in total. The van der Waals surface area contributed by atoms with Crippen molar-refractivity contribution in [2.75, 3.05) is 33.3 Å². The minimum absolute atomic E-state index is 0.111. The Hall–Kier alpha value is -3.20. The Balaban J connectivity index is 1.48. The second-order valence-electron chi connectivity index (χ2n) is 9.08. The van der Waals surface area contributed by atoms with Gasteiger partial charge >= 0.3 is 0 Å². The third-order valence-electron chi connectivity index (χ3n) is 6.49. The van der Waals surface area contributed by atoms with Gasteiger partial charge in [-0.15, -0.1) is 0 Å². The van der Waals surface area contributed by atoms with E-state index in [2.05, 4.69) is 21.8 Å². The van der Waals surface area contributed by atoms with Crippen LogP contribution in [-0.4, -0.2) is 63.5 Å². The van der Waals surface area contributed by atoms with Crippen LogP contribution in [0.2, 0.25) is 0 Å². The third-order valence-corrected chi connectivity index (χ3v) is 7.96. The molecule has 8 heteroatoms. The van der Waals surface area contributed by atoms with Crippen LogP contribution in [0.1, 0.15) is 16.7 Å². The smallest absolute Gasteiger partial charge is 0.241 e. The molecule has 0 saturated carbocycles. The summed E-state index contributed by atoms with van der Waals surface area (Å²) in [6.45, 7) is 5.21. The van der Waals surface area contributed by atoms with Crippen molar-refractivity contribution in [1.82, 2.24) is 14.5 Å². The highest BCUT2D eigenvalue weighted by Gasteiger charge is 2.31. The van der Waals surface area contributed by atoms with Crippen molar-refractivity contribution in [1.29, 1.82) is 0 Å². The molecule has 36 heavy (non-hydrogen) atoms. The molecule has 0 spiro atoms. The first-order chi connectivity index (χ1) is 17.4. The SMILES string of the molecule is COc1ccc(S(=O)(=O)N[C@H](Cc2ccccc2)C(=O)N2CCN(Cc3ccccc3)CC2)cc1C. The number of ether oxygens (including phenoxy) is 1. The van der Waals surface area contributed by atoms with E-state index in [0.717, 1.165) is 25.2 Å². The van der Waals surface area contributed by atoms with E-state index in [1.165, 1.54) is 11.6 Å². The molecule has 3 aromatic carbocycles. The van der Waals surface area contributed by atoms with Gasteiger partial charge in [0.05, 0.1) is 12.0 Å². The van der Waals surface area contributed by atoms with Gasteiger partial charge in [-0.25, -0.2) is 8.42 Å². The van der Waals surface area contributed by atoms with Crippen molar-refractivity contribution in [2.45, 2.75) is 30.8 Å². The molecule has 0 bridgehead atoms.